The highest BCUT2D eigenvalue weighted by Crippen LogP contribution is 2.36. The van der Waals surface area contributed by atoms with Crippen molar-refractivity contribution >= 4 is 17.6 Å². The Kier molecular flexibility index (Phi) is 9.97. The Balaban J connectivity index is 1.43. The predicted octanol–water partition coefficient (Wildman–Crippen LogP) is 4.66. The lowest BCUT2D eigenvalue weighted by molar-refractivity contribution is -0.303. The molecule has 0 aliphatic carbocycles. The van der Waals surface area contributed by atoms with Crippen LogP contribution in [0.1, 0.15) is 71.4 Å². The molecule has 2 unspecified atom stereocenters. The molecule has 0 bridgehead atoms. The molecule has 2 aliphatic rings. The molecule has 2 fully saturated rings. The maximum absolute atomic E-state index is 13.1. The van der Waals surface area contributed by atoms with E-state index in [4.69, 9.17) is 28.4 Å². The molecule has 1 N–H and O–H groups in total. The first-order chi connectivity index (χ1) is 17.4. The third kappa shape index (κ3) is 8.67. The lowest BCUT2D eigenvalue weighted by Crippen LogP contribution is -2.55. The van der Waals surface area contributed by atoms with Crippen molar-refractivity contribution in [3.63, 3.8) is 0 Å². The van der Waals surface area contributed by atoms with Gasteiger partial charge in [-0.1, -0.05) is 13.8 Å². The summed E-state index contributed by atoms with van der Waals surface area (Å²) in [6, 6.07) is 3.87. The summed E-state index contributed by atoms with van der Waals surface area (Å²) in [5.74, 6) is -0.495. The largest absolute Gasteiger partial charge is 0.494 e. The van der Waals surface area contributed by atoms with Crippen LogP contribution >= 0.6 is 0 Å². The van der Waals surface area contributed by atoms with Crippen LogP contribution in [-0.2, 0) is 33.3 Å². The van der Waals surface area contributed by atoms with Gasteiger partial charge in [0.25, 0.3) is 5.91 Å². The van der Waals surface area contributed by atoms with Crippen LogP contribution < -0.4 is 10.1 Å². The van der Waals surface area contributed by atoms with Crippen molar-refractivity contribution in [2.75, 3.05) is 31.7 Å². The number of carbonyl (C=O) groups is 2. The molecule has 0 radical (unpaired) electrons. The minimum absolute atomic E-state index is 0.138. The molecule has 2 aliphatic heterocycles. The second kappa shape index (κ2) is 12.6. The van der Waals surface area contributed by atoms with Crippen LogP contribution in [0.15, 0.2) is 12.1 Å². The Morgan fingerprint density at radius 3 is 2.43 bits per heavy atom. The quantitative estimate of drug-likeness (QED) is 0.350. The van der Waals surface area contributed by atoms with Gasteiger partial charge >= 0.3 is 5.97 Å². The van der Waals surface area contributed by atoms with E-state index in [9.17, 15) is 9.59 Å². The molecule has 0 aromatic heterocycles. The van der Waals surface area contributed by atoms with Crippen molar-refractivity contribution in [1.29, 1.82) is 0 Å². The standard InChI is InChI=1S/C28H43NO8/c1-18-14-22(32-11-8-9-12-33-23-16-21(10-13-34-23)36-20(3)30)15-19(2)24(18)29-26(31)25-27(4,5)17-35-28(6,7)37-25/h14-15,21,23,25H,8-13,16-17H2,1-7H3,(H,29,31)/t21-,23?,25?/m0/s1. The number of hydrogen-bond acceptors (Lipinski definition) is 8. The number of benzene rings is 1. The molecule has 0 spiro atoms. The molecule has 2 saturated heterocycles. The molecule has 3 rings (SSSR count). The van der Waals surface area contributed by atoms with Crippen LogP contribution in [0.4, 0.5) is 5.69 Å². The lowest BCUT2D eigenvalue weighted by Gasteiger charge is -2.44. The molecule has 0 saturated carbocycles. The fraction of sp³-hybridized carbons (Fsp3) is 0.714. The highest BCUT2D eigenvalue weighted by molar-refractivity contribution is 5.96. The molecule has 1 amide bonds. The molecular formula is C28H43NO8. The highest BCUT2D eigenvalue weighted by Gasteiger charge is 2.45. The average Bonchev–Trinajstić information content (AvgIpc) is 2.80. The number of esters is 1. The average molecular weight is 522 g/mol. The predicted molar refractivity (Wildman–Crippen MR) is 138 cm³/mol. The van der Waals surface area contributed by atoms with Gasteiger partial charge in [-0.15, -0.1) is 0 Å². The summed E-state index contributed by atoms with van der Waals surface area (Å²) in [5, 5.41) is 3.07. The van der Waals surface area contributed by atoms with Gasteiger partial charge < -0.3 is 33.7 Å². The Morgan fingerprint density at radius 2 is 1.76 bits per heavy atom. The summed E-state index contributed by atoms with van der Waals surface area (Å²) in [6.07, 6.45) is 1.81. The second-order valence-electron chi connectivity index (χ2n) is 11.1. The third-order valence-electron chi connectivity index (χ3n) is 6.54. The number of aryl methyl sites for hydroxylation is 2. The number of hydrogen-bond donors (Lipinski definition) is 1. The van der Waals surface area contributed by atoms with E-state index in [2.05, 4.69) is 5.32 Å². The van der Waals surface area contributed by atoms with Crippen LogP contribution in [0.5, 0.6) is 5.75 Å². The highest BCUT2D eigenvalue weighted by atomic mass is 16.7. The van der Waals surface area contributed by atoms with Gasteiger partial charge in [-0.25, -0.2) is 0 Å². The van der Waals surface area contributed by atoms with Crippen molar-refractivity contribution in [2.45, 2.75) is 98.4 Å². The van der Waals surface area contributed by atoms with Crippen LogP contribution in [0, 0.1) is 19.3 Å². The SMILES string of the molecule is CC(=O)O[C@H]1CCOC(OCCCCOc2cc(C)c(NC(=O)C3OC(C)(C)OCC3(C)C)c(C)c2)C1. The molecule has 1 aromatic carbocycles. The van der Waals surface area contributed by atoms with Crippen LogP contribution in [0.3, 0.4) is 0 Å². The number of amides is 1. The van der Waals surface area contributed by atoms with Crippen molar-refractivity contribution in [1.82, 2.24) is 0 Å². The van der Waals surface area contributed by atoms with E-state index in [1.54, 1.807) is 0 Å². The molecule has 2 heterocycles. The summed E-state index contributed by atoms with van der Waals surface area (Å²) in [7, 11) is 0. The van der Waals surface area contributed by atoms with E-state index in [1.807, 2.05) is 53.7 Å². The van der Waals surface area contributed by atoms with E-state index >= 15 is 0 Å². The summed E-state index contributed by atoms with van der Waals surface area (Å²) in [4.78, 5) is 24.3. The number of ether oxygens (including phenoxy) is 6. The fourth-order valence-electron chi connectivity index (χ4n) is 4.51. The Labute approximate surface area is 220 Å². The Bertz CT molecular complexity index is 921. The third-order valence-corrected chi connectivity index (χ3v) is 6.54. The molecule has 3 atom stereocenters. The van der Waals surface area contributed by atoms with Gasteiger partial charge in [0.2, 0.25) is 0 Å². The van der Waals surface area contributed by atoms with Gasteiger partial charge in [-0.3, -0.25) is 9.59 Å². The van der Waals surface area contributed by atoms with E-state index in [0.29, 0.717) is 39.3 Å². The number of carbonyl (C=O) groups excluding carboxylic acids is 2. The van der Waals surface area contributed by atoms with E-state index in [0.717, 1.165) is 35.4 Å². The first-order valence-electron chi connectivity index (χ1n) is 13.1. The number of anilines is 1. The van der Waals surface area contributed by atoms with Crippen molar-refractivity contribution < 1.29 is 38.0 Å². The topological polar surface area (TPSA) is 102 Å². The van der Waals surface area contributed by atoms with Gasteiger partial charge in [0.1, 0.15) is 18.0 Å². The molecule has 208 valence electrons. The van der Waals surface area contributed by atoms with Crippen molar-refractivity contribution in [3.05, 3.63) is 23.3 Å². The molecule has 37 heavy (non-hydrogen) atoms. The van der Waals surface area contributed by atoms with E-state index in [1.165, 1.54) is 6.92 Å². The molecule has 9 heteroatoms. The lowest BCUT2D eigenvalue weighted by atomic mass is 9.85. The maximum Gasteiger partial charge on any atom is 0.302 e. The van der Waals surface area contributed by atoms with Gasteiger partial charge in [0.05, 0.1) is 19.8 Å². The van der Waals surface area contributed by atoms with Gasteiger partial charge in [0.15, 0.2) is 12.1 Å². The van der Waals surface area contributed by atoms with Gasteiger partial charge in [-0.05, 0) is 63.8 Å². The van der Waals surface area contributed by atoms with Crippen LogP contribution in [-0.4, -0.2) is 62.6 Å². The fourth-order valence-corrected chi connectivity index (χ4v) is 4.51. The van der Waals surface area contributed by atoms with Gasteiger partial charge in [0, 0.05) is 37.5 Å². The first-order valence-corrected chi connectivity index (χ1v) is 13.1. The van der Waals surface area contributed by atoms with E-state index in [-0.39, 0.29) is 24.3 Å². The van der Waals surface area contributed by atoms with E-state index < -0.39 is 17.3 Å². The zero-order valence-corrected chi connectivity index (χ0v) is 23.3. The smallest absolute Gasteiger partial charge is 0.302 e. The summed E-state index contributed by atoms with van der Waals surface area (Å²) in [5.41, 5.74) is 2.18. The number of unbranched alkanes of at least 4 members (excludes halogenated alkanes) is 1. The molecular weight excluding hydrogens is 478 g/mol. The summed E-state index contributed by atoms with van der Waals surface area (Å²) < 4.78 is 34.3. The Hall–Kier alpha value is -2.20. The first kappa shape index (κ1) is 29.4. The zero-order chi connectivity index (χ0) is 27.2. The monoisotopic (exact) mass is 521 g/mol. The summed E-state index contributed by atoms with van der Waals surface area (Å²) >= 11 is 0. The zero-order valence-electron chi connectivity index (χ0n) is 23.3. The second-order valence-corrected chi connectivity index (χ2v) is 11.1. The van der Waals surface area contributed by atoms with Crippen molar-refractivity contribution in [2.24, 2.45) is 5.41 Å². The minimum atomic E-state index is -0.805. The van der Waals surface area contributed by atoms with Gasteiger partial charge in [-0.2, -0.15) is 0 Å². The van der Waals surface area contributed by atoms with Crippen LogP contribution in [0.25, 0.3) is 0 Å². The minimum Gasteiger partial charge on any atom is -0.494 e. The normalized spacial score (nSPS) is 24.8. The van der Waals surface area contributed by atoms with Crippen LogP contribution in [0.2, 0.25) is 0 Å². The molecule has 9 nitrogen and oxygen atoms in total. The number of rotatable bonds is 10. The van der Waals surface area contributed by atoms with Crippen molar-refractivity contribution in [3.8, 4) is 5.75 Å². The number of nitrogens with one attached hydrogen (secondary N) is 1. The Morgan fingerprint density at radius 1 is 1.08 bits per heavy atom. The maximum atomic E-state index is 13.1. The summed E-state index contributed by atoms with van der Waals surface area (Å²) in [6.45, 7) is 15.0. The molecule has 1 aromatic rings.